The Kier molecular flexibility index (Phi) is 5.75. The molecular formula is C18H22N2O6S. The van der Waals surface area contributed by atoms with Crippen LogP contribution in [0, 0.1) is 0 Å². The molecule has 1 aromatic carbocycles. The van der Waals surface area contributed by atoms with Crippen LogP contribution in [0.1, 0.15) is 27.6 Å². The topological polar surface area (TPSA) is 102 Å². The summed E-state index contributed by atoms with van der Waals surface area (Å²) in [5, 5.41) is 0. The van der Waals surface area contributed by atoms with Gasteiger partial charge in [-0.1, -0.05) is 24.3 Å². The molecule has 0 bridgehead atoms. The maximum Gasteiger partial charge on any atom is 0.247 e. The number of methoxy groups -OCH3 is 1. The minimum Gasteiger partial charge on any atom is -0.383 e. The van der Waals surface area contributed by atoms with Crippen molar-refractivity contribution in [3.63, 3.8) is 0 Å². The third-order valence-corrected chi connectivity index (χ3v) is 6.05. The summed E-state index contributed by atoms with van der Waals surface area (Å²) in [6.07, 6.45) is 0. The lowest BCUT2D eigenvalue weighted by Crippen LogP contribution is -2.45. The summed E-state index contributed by atoms with van der Waals surface area (Å²) in [6, 6.07) is 5.72. The van der Waals surface area contributed by atoms with Crippen molar-refractivity contribution in [2.75, 3.05) is 40.0 Å². The van der Waals surface area contributed by atoms with Gasteiger partial charge in [0.05, 0.1) is 19.8 Å². The average Bonchev–Trinajstić information content (AvgIpc) is 2.64. The molecular weight excluding hydrogens is 372 g/mol. The van der Waals surface area contributed by atoms with Crippen LogP contribution in [-0.2, 0) is 19.5 Å². The van der Waals surface area contributed by atoms with Crippen LogP contribution in [0.4, 0.5) is 0 Å². The molecule has 0 saturated carbocycles. The zero-order valence-corrected chi connectivity index (χ0v) is 16.0. The SMILES string of the molecule is COCC(C)NS(=O)(=O)C1=C(N2CCOCC2)C(=O)c2ccccc2C1=O. The van der Waals surface area contributed by atoms with Gasteiger partial charge in [0.2, 0.25) is 21.6 Å². The van der Waals surface area contributed by atoms with E-state index >= 15 is 0 Å². The summed E-state index contributed by atoms with van der Waals surface area (Å²) >= 11 is 0. The fourth-order valence-electron chi connectivity index (χ4n) is 3.27. The molecule has 0 radical (unpaired) electrons. The number of ketones is 2. The highest BCUT2D eigenvalue weighted by Crippen LogP contribution is 2.31. The molecule has 1 aliphatic heterocycles. The van der Waals surface area contributed by atoms with Crippen LogP contribution in [0.15, 0.2) is 34.9 Å². The molecule has 3 rings (SSSR count). The van der Waals surface area contributed by atoms with Crippen LogP contribution in [0.5, 0.6) is 0 Å². The van der Waals surface area contributed by atoms with Crippen molar-refractivity contribution in [1.82, 2.24) is 9.62 Å². The van der Waals surface area contributed by atoms with Gasteiger partial charge in [0.1, 0.15) is 5.70 Å². The van der Waals surface area contributed by atoms with E-state index in [-0.39, 0.29) is 23.4 Å². The number of hydrogen-bond acceptors (Lipinski definition) is 7. The number of carbonyl (C=O) groups excluding carboxylic acids is 2. The first-order valence-corrected chi connectivity index (χ1v) is 10.1. The molecule has 9 heteroatoms. The first kappa shape index (κ1) is 19.7. The van der Waals surface area contributed by atoms with Gasteiger partial charge in [-0.05, 0) is 6.92 Å². The van der Waals surface area contributed by atoms with Gasteiger partial charge >= 0.3 is 0 Å². The highest BCUT2D eigenvalue weighted by molar-refractivity contribution is 7.94. The van der Waals surface area contributed by atoms with Crippen LogP contribution in [0.25, 0.3) is 0 Å². The van der Waals surface area contributed by atoms with Crippen LogP contribution in [-0.4, -0.2) is 70.9 Å². The monoisotopic (exact) mass is 394 g/mol. The second-order valence-electron chi connectivity index (χ2n) is 6.46. The summed E-state index contributed by atoms with van der Waals surface area (Å²) in [5.74, 6) is -1.14. The molecule has 1 aliphatic carbocycles. The van der Waals surface area contributed by atoms with Crippen molar-refractivity contribution < 1.29 is 27.5 Å². The molecule has 8 nitrogen and oxygen atoms in total. The molecule has 1 atom stereocenters. The molecule has 27 heavy (non-hydrogen) atoms. The van der Waals surface area contributed by atoms with E-state index in [1.165, 1.54) is 13.2 Å². The number of ether oxygens (including phenoxy) is 2. The Morgan fingerprint density at radius 1 is 1.15 bits per heavy atom. The Morgan fingerprint density at radius 2 is 1.74 bits per heavy atom. The molecule has 1 N–H and O–H groups in total. The van der Waals surface area contributed by atoms with Gasteiger partial charge in [-0.3, -0.25) is 9.59 Å². The zero-order chi connectivity index (χ0) is 19.6. The van der Waals surface area contributed by atoms with E-state index in [1.807, 2.05) is 0 Å². The number of benzene rings is 1. The third-order valence-electron chi connectivity index (χ3n) is 4.42. The highest BCUT2D eigenvalue weighted by Gasteiger charge is 2.41. The molecule has 1 aromatic rings. The summed E-state index contributed by atoms with van der Waals surface area (Å²) in [7, 11) is -2.78. The average molecular weight is 394 g/mol. The number of morpholine rings is 1. The molecule has 146 valence electrons. The minimum absolute atomic E-state index is 0.0842. The Hall–Kier alpha value is -2.07. The predicted molar refractivity (Wildman–Crippen MR) is 97.9 cm³/mol. The maximum absolute atomic E-state index is 13.1. The van der Waals surface area contributed by atoms with E-state index in [4.69, 9.17) is 9.47 Å². The van der Waals surface area contributed by atoms with Crippen molar-refractivity contribution in [3.05, 3.63) is 46.0 Å². The van der Waals surface area contributed by atoms with Crippen LogP contribution in [0.3, 0.4) is 0 Å². The van der Waals surface area contributed by atoms with Crippen molar-refractivity contribution in [3.8, 4) is 0 Å². The number of Topliss-reactive ketones (excluding diaryl/α,β-unsaturated/α-hetero) is 2. The number of sulfonamides is 1. The number of hydrogen-bond donors (Lipinski definition) is 1. The first-order valence-electron chi connectivity index (χ1n) is 8.63. The van der Waals surface area contributed by atoms with E-state index in [0.717, 1.165) is 0 Å². The molecule has 1 heterocycles. The zero-order valence-electron chi connectivity index (χ0n) is 15.2. The van der Waals surface area contributed by atoms with E-state index in [0.29, 0.717) is 26.3 Å². The normalized spacial score (nSPS) is 19.3. The van der Waals surface area contributed by atoms with Gasteiger partial charge in [0.15, 0.2) is 4.91 Å². The summed E-state index contributed by atoms with van der Waals surface area (Å²) in [5.41, 5.74) is 0.228. The summed E-state index contributed by atoms with van der Waals surface area (Å²) in [6.45, 7) is 3.14. The molecule has 0 amide bonds. The van der Waals surface area contributed by atoms with Gasteiger partial charge in [0.25, 0.3) is 0 Å². The van der Waals surface area contributed by atoms with Gasteiger partial charge < -0.3 is 14.4 Å². The highest BCUT2D eigenvalue weighted by atomic mass is 32.2. The number of nitrogens with zero attached hydrogens (tertiary/aromatic N) is 1. The van der Waals surface area contributed by atoms with Crippen molar-refractivity contribution in [2.24, 2.45) is 0 Å². The van der Waals surface area contributed by atoms with Gasteiger partial charge in [-0.25, -0.2) is 13.1 Å². The number of rotatable bonds is 6. The standard InChI is InChI=1S/C18H22N2O6S/c1-12(11-25-2)19-27(23,24)18-15(20-7-9-26-10-8-20)16(21)13-5-3-4-6-14(13)17(18)22/h3-6,12,19H,7-11H2,1-2H3. The largest absolute Gasteiger partial charge is 0.383 e. The number of carbonyl (C=O) groups is 2. The lowest BCUT2D eigenvalue weighted by molar-refractivity contribution is 0.0499. The van der Waals surface area contributed by atoms with Crippen molar-refractivity contribution in [1.29, 1.82) is 0 Å². The Labute approximate surface area is 158 Å². The summed E-state index contributed by atoms with van der Waals surface area (Å²) < 4.78 is 38.8. The van der Waals surface area contributed by atoms with E-state index in [1.54, 1.807) is 30.0 Å². The quantitative estimate of drug-likeness (QED) is 0.752. The van der Waals surface area contributed by atoms with Crippen LogP contribution < -0.4 is 4.72 Å². The van der Waals surface area contributed by atoms with E-state index in [9.17, 15) is 18.0 Å². The van der Waals surface area contributed by atoms with E-state index < -0.39 is 32.5 Å². The third kappa shape index (κ3) is 3.81. The predicted octanol–water partition coefficient (Wildman–Crippen LogP) is 0.564. The Balaban J connectivity index is 2.14. The first-order chi connectivity index (χ1) is 12.9. The number of nitrogens with one attached hydrogen (secondary N) is 1. The number of fused-ring (bicyclic) bond motifs is 1. The fourth-order valence-corrected chi connectivity index (χ4v) is 4.82. The molecule has 2 aliphatic rings. The van der Waals surface area contributed by atoms with Crippen LogP contribution >= 0.6 is 0 Å². The van der Waals surface area contributed by atoms with Gasteiger partial charge in [0, 0.05) is 37.4 Å². The molecule has 1 unspecified atom stereocenters. The molecule has 1 fully saturated rings. The molecule has 0 spiro atoms. The lowest BCUT2D eigenvalue weighted by atomic mass is 9.91. The Bertz CT molecular complexity index is 887. The van der Waals surface area contributed by atoms with E-state index in [2.05, 4.69) is 4.72 Å². The second-order valence-corrected chi connectivity index (χ2v) is 8.11. The molecule has 0 aromatic heterocycles. The summed E-state index contributed by atoms with van der Waals surface area (Å²) in [4.78, 5) is 27.3. The Morgan fingerprint density at radius 3 is 2.33 bits per heavy atom. The second kappa shape index (κ2) is 7.89. The van der Waals surface area contributed by atoms with Gasteiger partial charge in [-0.2, -0.15) is 0 Å². The smallest absolute Gasteiger partial charge is 0.247 e. The van der Waals surface area contributed by atoms with Crippen LogP contribution in [0.2, 0.25) is 0 Å². The maximum atomic E-state index is 13.1. The fraction of sp³-hybridized carbons (Fsp3) is 0.444. The van der Waals surface area contributed by atoms with Crippen molar-refractivity contribution >= 4 is 21.6 Å². The van der Waals surface area contributed by atoms with Crippen molar-refractivity contribution in [2.45, 2.75) is 13.0 Å². The lowest BCUT2D eigenvalue weighted by Gasteiger charge is -2.33. The molecule has 1 saturated heterocycles. The number of allylic oxidation sites excluding steroid dienone is 2. The minimum atomic E-state index is -4.23. The van der Waals surface area contributed by atoms with Gasteiger partial charge in [-0.15, -0.1) is 0 Å².